The van der Waals surface area contributed by atoms with Crippen LogP contribution >= 0.6 is 11.8 Å². The van der Waals surface area contributed by atoms with Crippen LogP contribution in [-0.4, -0.2) is 27.8 Å². The molecule has 0 saturated carbocycles. The molecule has 1 amide bonds. The number of nitrogens with zero attached hydrogens (tertiary/aromatic N) is 2. The summed E-state index contributed by atoms with van der Waals surface area (Å²) in [6, 6.07) is 15.0. The summed E-state index contributed by atoms with van der Waals surface area (Å²) in [7, 11) is 1.57. The third-order valence-corrected chi connectivity index (χ3v) is 5.59. The highest BCUT2D eigenvalue weighted by Gasteiger charge is 2.26. The molecule has 0 bridgehead atoms. The molecule has 7 nitrogen and oxygen atoms in total. The fraction of sp³-hybridized carbons (Fsp3) is 0.286. The number of rotatable bonds is 8. The molecular weight excluding hydrogens is 388 g/mol. The van der Waals surface area contributed by atoms with E-state index >= 15 is 0 Å². The van der Waals surface area contributed by atoms with Crippen molar-refractivity contribution in [3.8, 4) is 5.75 Å². The summed E-state index contributed by atoms with van der Waals surface area (Å²) in [4.78, 5) is 25.3. The molecule has 3 rings (SSSR count). The van der Waals surface area contributed by atoms with E-state index in [1.165, 1.54) is 11.8 Å². The molecule has 29 heavy (non-hydrogen) atoms. The summed E-state index contributed by atoms with van der Waals surface area (Å²) in [6.45, 7) is 4.47. The number of carbonyl (C=O) groups is 1. The SMILES string of the molecule is CCCn1c(SC(C(=O)Nc2cc(C)ccc2OC)c2ccccc2)n[nH]c1=O. The number of methoxy groups -OCH3 is 1. The van der Waals surface area contributed by atoms with E-state index in [1.807, 2.05) is 62.4 Å². The topological polar surface area (TPSA) is 89.0 Å². The number of nitrogens with one attached hydrogen (secondary N) is 2. The highest BCUT2D eigenvalue weighted by atomic mass is 32.2. The van der Waals surface area contributed by atoms with E-state index in [1.54, 1.807) is 11.7 Å². The Hall–Kier alpha value is -3.00. The van der Waals surface area contributed by atoms with E-state index in [9.17, 15) is 9.59 Å². The number of aromatic amines is 1. The first-order valence-corrected chi connectivity index (χ1v) is 10.2. The number of amides is 1. The minimum atomic E-state index is -0.591. The summed E-state index contributed by atoms with van der Waals surface area (Å²) in [6.07, 6.45) is 0.787. The Morgan fingerprint density at radius 2 is 2.03 bits per heavy atom. The molecule has 152 valence electrons. The summed E-state index contributed by atoms with van der Waals surface area (Å²) in [5.74, 6) is 0.368. The Bertz CT molecular complexity index is 1030. The second kappa shape index (κ2) is 9.47. The first-order valence-electron chi connectivity index (χ1n) is 9.35. The van der Waals surface area contributed by atoms with E-state index in [0.717, 1.165) is 17.5 Å². The molecule has 1 atom stereocenters. The Kier molecular flexibility index (Phi) is 6.77. The van der Waals surface area contributed by atoms with Gasteiger partial charge in [-0.2, -0.15) is 0 Å². The zero-order chi connectivity index (χ0) is 20.8. The summed E-state index contributed by atoms with van der Waals surface area (Å²) >= 11 is 1.24. The lowest BCUT2D eigenvalue weighted by molar-refractivity contribution is -0.115. The predicted molar refractivity (Wildman–Crippen MR) is 115 cm³/mol. The number of anilines is 1. The number of aryl methyl sites for hydroxylation is 1. The second-order valence-corrected chi connectivity index (χ2v) is 7.64. The standard InChI is InChI=1S/C21H24N4O3S/c1-4-12-25-20(27)23-24-21(25)29-18(15-8-6-5-7-9-15)19(26)22-16-13-14(2)10-11-17(16)28-3/h5-11,13,18H,4,12H2,1-3H3,(H,22,26)(H,23,27). The van der Waals surface area contributed by atoms with Gasteiger partial charge in [-0.1, -0.05) is 55.1 Å². The normalized spacial score (nSPS) is 11.8. The zero-order valence-electron chi connectivity index (χ0n) is 16.6. The van der Waals surface area contributed by atoms with Crippen LogP contribution in [0.5, 0.6) is 5.75 Å². The van der Waals surface area contributed by atoms with E-state index < -0.39 is 5.25 Å². The molecule has 1 heterocycles. The zero-order valence-corrected chi connectivity index (χ0v) is 17.5. The van der Waals surface area contributed by atoms with Gasteiger partial charge in [-0.15, -0.1) is 5.10 Å². The Balaban J connectivity index is 1.94. The smallest absolute Gasteiger partial charge is 0.343 e. The molecule has 0 aliphatic heterocycles. The van der Waals surface area contributed by atoms with Crippen LogP contribution in [0.3, 0.4) is 0 Å². The first-order chi connectivity index (χ1) is 14.0. The number of benzene rings is 2. The lowest BCUT2D eigenvalue weighted by atomic mass is 10.1. The number of H-pyrrole nitrogens is 1. The average molecular weight is 413 g/mol. The van der Waals surface area contributed by atoms with Crippen LogP contribution in [-0.2, 0) is 11.3 Å². The number of carbonyl (C=O) groups excluding carboxylic acids is 1. The van der Waals surface area contributed by atoms with Gasteiger partial charge < -0.3 is 10.1 Å². The third-order valence-electron chi connectivity index (χ3n) is 4.35. The highest BCUT2D eigenvalue weighted by Crippen LogP contribution is 2.36. The van der Waals surface area contributed by atoms with Gasteiger partial charge in [0, 0.05) is 6.54 Å². The Morgan fingerprint density at radius 3 is 2.72 bits per heavy atom. The molecule has 0 saturated heterocycles. The van der Waals surface area contributed by atoms with Crippen LogP contribution in [0.2, 0.25) is 0 Å². The van der Waals surface area contributed by atoms with Crippen LogP contribution in [0.15, 0.2) is 58.5 Å². The van der Waals surface area contributed by atoms with E-state index in [-0.39, 0.29) is 11.6 Å². The van der Waals surface area contributed by atoms with E-state index in [0.29, 0.717) is 23.1 Å². The van der Waals surface area contributed by atoms with Crippen molar-refractivity contribution in [2.75, 3.05) is 12.4 Å². The molecule has 1 unspecified atom stereocenters. The number of hydrogen-bond donors (Lipinski definition) is 2. The summed E-state index contributed by atoms with van der Waals surface area (Å²) in [5.41, 5.74) is 2.16. The Morgan fingerprint density at radius 1 is 1.28 bits per heavy atom. The first kappa shape index (κ1) is 20.7. The van der Waals surface area contributed by atoms with Crippen LogP contribution in [0, 0.1) is 6.92 Å². The predicted octanol–water partition coefficient (Wildman–Crippen LogP) is 3.77. The number of aromatic nitrogens is 3. The summed E-state index contributed by atoms with van der Waals surface area (Å²) in [5, 5.41) is 9.46. The van der Waals surface area contributed by atoms with Crippen LogP contribution in [0.25, 0.3) is 0 Å². The van der Waals surface area contributed by atoms with E-state index in [4.69, 9.17) is 4.74 Å². The lowest BCUT2D eigenvalue weighted by Gasteiger charge is -2.18. The second-order valence-electron chi connectivity index (χ2n) is 6.56. The van der Waals surface area contributed by atoms with Crippen molar-refractivity contribution in [1.29, 1.82) is 0 Å². The molecule has 0 aliphatic carbocycles. The maximum Gasteiger partial charge on any atom is 0.343 e. The van der Waals surface area contributed by atoms with Gasteiger partial charge in [-0.25, -0.2) is 9.89 Å². The van der Waals surface area contributed by atoms with Gasteiger partial charge in [0.05, 0.1) is 12.8 Å². The van der Waals surface area contributed by atoms with Gasteiger partial charge in [-0.3, -0.25) is 9.36 Å². The van der Waals surface area contributed by atoms with Gasteiger partial charge in [0.25, 0.3) is 0 Å². The van der Waals surface area contributed by atoms with Gasteiger partial charge in [0.1, 0.15) is 11.0 Å². The minimum absolute atomic E-state index is 0.219. The van der Waals surface area contributed by atoms with Gasteiger partial charge in [0.2, 0.25) is 5.91 Å². The van der Waals surface area contributed by atoms with Crippen molar-refractivity contribution in [3.05, 3.63) is 70.1 Å². The molecule has 2 N–H and O–H groups in total. The number of thioether (sulfide) groups is 1. The highest BCUT2D eigenvalue weighted by molar-refractivity contribution is 8.00. The molecule has 1 aromatic heterocycles. The molecule has 0 aliphatic rings. The largest absolute Gasteiger partial charge is 0.495 e. The fourth-order valence-electron chi connectivity index (χ4n) is 2.94. The fourth-order valence-corrected chi connectivity index (χ4v) is 4.01. The van der Waals surface area contributed by atoms with Crippen molar-refractivity contribution in [3.63, 3.8) is 0 Å². The maximum absolute atomic E-state index is 13.3. The van der Waals surface area contributed by atoms with E-state index in [2.05, 4.69) is 15.5 Å². The van der Waals surface area contributed by atoms with Gasteiger partial charge in [0.15, 0.2) is 5.16 Å². The molecule has 0 spiro atoms. The van der Waals surface area contributed by atoms with Crippen LogP contribution in [0.1, 0.15) is 29.7 Å². The quantitative estimate of drug-likeness (QED) is 0.550. The van der Waals surface area contributed by atoms with Gasteiger partial charge >= 0.3 is 5.69 Å². The molecule has 0 radical (unpaired) electrons. The number of ether oxygens (including phenoxy) is 1. The third kappa shape index (κ3) is 4.89. The molecular formula is C21H24N4O3S. The van der Waals surface area contributed by atoms with Crippen molar-refractivity contribution in [2.45, 2.75) is 37.2 Å². The Labute approximate surface area is 173 Å². The lowest BCUT2D eigenvalue weighted by Crippen LogP contribution is -2.21. The monoisotopic (exact) mass is 412 g/mol. The molecule has 8 heteroatoms. The van der Waals surface area contributed by atoms with Crippen molar-refractivity contribution >= 4 is 23.4 Å². The molecule has 0 fully saturated rings. The molecule has 3 aromatic rings. The van der Waals surface area contributed by atoms with Crippen molar-refractivity contribution in [2.24, 2.45) is 0 Å². The average Bonchev–Trinajstić information content (AvgIpc) is 3.06. The molecule has 2 aromatic carbocycles. The summed E-state index contributed by atoms with van der Waals surface area (Å²) < 4.78 is 6.93. The minimum Gasteiger partial charge on any atom is -0.495 e. The van der Waals surface area contributed by atoms with Crippen LogP contribution < -0.4 is 15.7 Å². The number of hydrogen-bond acceptors (Lipinski definition) is 5. The van der Waals surface area contributed by atoms with Crippen molar-refractivity contribution in [1.82, 2.24) is 14.8 Å². The maximum atomic E-state index is 13.3. The van der Waals surface area contributed by atoms with Gasteiger partial charge in [-0.05, 0) is 36.6 Å². The van der Waals surface area contributed by atoms with Crippen LogP contribution in [0.4, 0.5) is 5.69 Å². The van der Waals surface area contributed by atoms with Crippen molar-refractivity contribution < 1.29 is 9.53 Å².